The summed E-state index contributed by atoms with van der Waals surface area (Å²) in [7, 11) is 0. The van der Waals surface area contributed by atoms with Gasteiger partial charge in [0.05, 0.1) is 5.52 Å². The lowest BCUT2D eigenvalue weighted by Crippen LogP contribution is -2.29. The van der Waals surface area contributed by atoms with Crippen molar-refractivity contribution in [2.75, 3.05) is 18.4 Å². The first-order chi connectivity index (χ1) is 11.1. The lowest BCUT2D eigenvalue weighted by Gasteiger charge is -2.10. The maximum atomic E-state index is 11.8. The summed E-state index contributed by atoms with van der Waals surface area (Å²) in [5.74, 6) is 0.213. The van der Waals surface area contributed by atoms with Crippen molar-refractivity contribution < 1.29 is 9.21 Å². The molecule has 0 atom stereocenters. The van der Waals surface area contributed by atoms with Gasteiger partial charge in [-0.15, -0.1) is 0 Å². The zero-order chi connectivity index (χ0) is 16.2. The summed E-state index contributed by atoms with van der Waals surface area (Å²) in [6, 6.07) is 7.45. The van der Waals surface area contributed by atoms with Gasteiger partial charge in [-0.1, -0.05) is 11.6 Å². The molecular weight excluding hydrogens is 316 g/mol. The van der Waals surface area contributed by atoms with Crippen molar-refractivity contribution >= 4 is 34.1 Å². The largest absolute Gasteiger partial charge is 0.448 e. The van der Waals surface area contributed by atoms with Crippen molar-refractivity contribution in [3.8, 4) is 0 Å². The zero-order valence-electron chi connectivity index (χ0n) is 12.5. The van der Waals surface area contributed by atoms with E-state index < -0.39 is 0 Å². The highest BCUT2D eigenvalue weighted by Crippen LogP contribution is 2.23. The number of aromatic nitrogens is 2. The Kier molecular flexibility index (Phi) is 4.43. The molecule has 0 saturated heterocycles. The molecule has 0 aliphatic heterocycles. The van der Waals surface area contributed by atoms with E-state index in [0.29, 0.717) is 24.0 Å². The predicted octanol–water partition coefficient (Wildman–Crippen LogP) is 3.03. The number of oxazole rings is 1. The van der Waals surface area contributed by atoms with Gasteiger partial charge < -0.3 is 15.1 Å². The van der Waals surface area contributed by atoms with Crippen LogP contribution in [0.1, 0.15) is 16.4 Å². The lowest BCUT2D eigenvalue weighted by atomic mass is 10.2. The van der Waals surface area contributed by atoms with Crippen LogP contribution in [0.15, 0.2) is 41.1 Å². The van der Waals surface area contributed by atoms with Gasteiger partial charge in [0.25, 0.3) is 5.91 Å². The van der Waals surface area contributed by atoms with Gasteiger partial charge >= 0.3 is 0 Å². The first kappa shape index (κ1) is 15.3. The van der Waals surface area contributed by atoms with Crippen LogP contribution in [0.2, 0.25) is 5.02 Å². The molecule has 3 rings (SSSR count). The molecule has 23 heavy (non-hydrogen) atoms. The summed E-state index contributed by atoms with van der Waals surface area (Å²) in [5, 5.41) is 7.69. The van der Waals surface area contributed by atoms with Gasteiger partial charge in [-0.2, -0.15) is 0 Å². The van der Waals surface area contributed by atoms with Crippen LogP contribution in [-0.4, -0.2) is 29.0 Å². The lowest BCUT2D eigenvalue weighted by molar-refractivity contribution is 0.0950. The standard InChI is InChI=1S/C16H15ClN4O2/c1-10-21-15(9-23-10)16(22)20-7-6-19-13-4-5-18-14-8-11(17)2-3-12(13)14/h2-5,8-9H,6-7H2,1H3,(H,18,19)(H,20,22). The fraction of sp³-hybridized carbons (Fsp3) is 0.188. The minimum atomic E-state index is -0.255. The topological polar surface area (TPSA) is 80.0 Å². The molecule has 0 aliphatic carbocycles. The number of hydrogen-bond donors (Lipinski definition) is 2. The van der Waals surface area contributed by atoms with E-state index in [-0.39, 0.29) is 11.6 Å². The average molecular weight is 331 g/mol. The Morgan fingerprint density at radius 1 is 1.30 bits per heavy atom. The van der Waals surface area contributed by atoms with Crippen LogP contribution in [0, 0.1) is 6.92 Å². The maximum absolute atomic E-state index is 11.8. The first-order valence-corrected chi connectivity index (χ1v) is 7.50. The van der Waals surface area contributed by atoms with Crippen molar-refractivity contribution in [3.63, 3.8) is 0 Å². The van der Waals surface area contributed by atoms with Gasteiger partial charge in [-0.05, 0) is 24.3 Å². The van der Waals surface area contributed by atoms with Crippen LogP contribution in [-0.2, 0) is 0 Å². The number of anilines is 1. The van der Waals surface area contributed by atoms with Crippen LogP contribution < -0.4 is 10.6 Å². The minimum Gasteiger partial charge on any atom is -0.448 e. The third kappa shape index (κ3) is 3.60. The van der Waals surface area contributed by atoms with Gasteiger partial charge in [0.2, 0.25) is 0 Å². The molecule has 1 amide bonds. The van der Waals surface area contributed by atoms with Crippen LogP contribution in [0.5, 0.6) is 0 Å². The van der Waals surface area contributed by atoms with Crippen LogP contribution >= 0.6 is 11.6 Å². The van der Waals surface area contributed by atoms with Gasteiger partial charge in [0.15, 0.2) is 11.6 Å². The Hall–Kier alpha value is -2.60. The van der Waals surface area contributed by atoms with Crippen LogP contribution in [0.4, 0.5) is 5.69 Å². The SMILES string of the molecule is Cc1nc(C(=O)NCCNc2ccnc3cc(Cl)ccc23)co1. The predicted molar refractivity (Wildman–Crippen MR) is 88.8 cm³/mol. The fourth-order valence-corrected chi connectivity index (χ4v) is 2.37. The fourth-order valence-electron chi connectivity index (χ4n) is 2.21. The number of carbonyl (C=O) groups is 1. The molecule has 2 N–H and O–H groups in total. The number of halogens is 1. The molecule has 1 aromatic carbocycles. The second-order valence-electron chi connectivity index (χ2n) is 4.95. The summed E-state index contributed by atoms with van der Waals surface area (Å²) in [6.07, 6.45) is 3.07. The number of aryl methyl sites for hydroxylation is 1. The van der Waals surface area contributed by atoms with Gasteiger partial charge in [-0.3, -0.25) is 9.78 Å². The van der Waals surface area contributed by atoms with E-state index in [1.807, 2.05) is 24.3 Å². The third-order valence-electron chi connectivity index (χ3n) is 3.28. The highest BCUT2D eigenvalue weighted by atomic mass is 35.5. The zero-order valence-corrected chi connectivity index (χ0v) is 13.2. The highest BCUT2D eigenvalue weighted by Gasteiger charge is 2.09. The monoisotopic (exact) mass is 330 g/mol. The number of carbonyl (C=O) groups excluding carboxylic acids is 1. The quantitative estimate of drug-likeness (QED) is 0.703. The summed E-state index contributed by atoms with van der Waals surface area (Å²) in [4.78, 5) is 20.1. The number of amides is 1. The van der Waals surface area contributed by atoms with Gasteiger partial charge in [0, 0.05) is 42.3 Å². The van der Waals surface area contributed by atoms with E-state index in [4.69, 9.17) is 16.0 Å². The molecule has 2 heterocycles. The molecule has 0 fully saturated rings. The summed E-state index contributed by atoms with van der Waals surface area (Å²) >= 11 is 5.97. The van der Waals surface area contributed by atoms with Crippen LogP contribution in [0.3, 0.4) is 0 Å². The smallest absolute Gasteiger partial charge is 0.273 e. The minimum absolute atomic E-state index is 0.255. The molecule has 7 heteroatoms. The Morgan fingerprint density at radius 3 is 2.96 bits per heavy atom. The van der Waals surface area contributed by atoms with E-state index in [2.05, 4.69) is 20.6 Å². The molecule has 6 nitrogen and oxygen atoms in total. The number of benzene rings is 1. The summed E-state index contributed by atoms with van der Waals surface area (Å²) < 4.78 is 5.01. The van der Waals surface area contributed by atoms with Gasteiger partial charge in [0.1, 0.15) is 6.26 Å². The molecule has 0 bridgehead atoms. The number of hydrogen-bond acceptors (Lipinski definition) is 5. The first-order valence-electron chi connectivity index (χ1n) is 7.12. The second-order valence-corrected chi connectivity index (χ2v) is 5.39. The molecule has 118 valence electrons. The molecule has 0 saturated carbocycles. The maximum Gasteiger partial charge on any atom is 0.273 e. The molecule has 0 aliphatic rings. The molecule has 0 spiro atoms. The molecular formula is C16H15ClN4O2. The highest BCUT2D eigenvalue weighted by molar-refractivity contribution is 6.31. The Bertz CT molecular complexity index is 847. The second kappa shape index (κ2) is 6.66. The third-order valence-corrected chi connectivity index (χ3v) is 3.52. The molecule has 2 aromatic heterocycles. The Balaban J connectivity index is 1.58. The Morgan fingerprint density at radius 2 is 2.17 bits per heavy atom. The van der Waals surface area contributed by atoms with Gasteiger partial charge in [-0.25, -0.2) is 4.98 Å². The van der Waals surface area contributed by atoms with Crippen molar-refractivity contribution in [1.82, 2.24) is 15.3 Å². The van der Waals surface area contributed by atoms with E-state index >= 15 is 0 Å². The number of pyridine rings is 1. The van der Waals surface area contributed by atoms with Crippen molar-refractivity contribution in [2.24, 2.45) is 0 Å². The van der Waals surface area contributed by atoms with Crippen molar-refractivity contribution in [3.05, 3.63) is 53.3 Å². The van der Waals surface area contributed by atoms with E-state index in [9.17, 15) is 4.79 Å². The Labute approximate surface area is 137 Å². The number of fused-ring (bicyclic) bond motifs is 1. The van der Waals surface area contributed by atoms with Crippen molar-refractivity contribution in [1.29, 1.82) is 0 Å². The molecule has 0 unspecified atom stereocenters. The summed E-state index contributed by atoms with van der Waals surface area (Å²) in [6.45, 7) is 2.73. The molecule has 3 aromatic rings. The van der Waals surface area contributed by atoms with E-state index in [0.717, 1.165) is 16.6 Å². The summed E-state index contributed by atoms with van der Waals surface area (Å²) in [5.41, 5.74) is 2.05. The normalized spacial score (nSPS) is 10.7. The van der Waals surface area contributed by atoms with Crippen molar-refractivity contribution in [2.45, 2.75) is 6.92 Å². The number of rotatable bonds is 5. The molecule has 0 radical (unpaired) electrons. The number of nitrogens with one attached hydrogen (secondary N) is 2. The average Bonchev–Trinajstić information content (AvgIpc) is 2.97. The van der Waals surface area contributed by atoms with E-state index in [1.54, 1.807) is 13.1 Å². The number of nitrogens with zero attached hydrogens (tertiary/aromatic N) is 2. The van der Waals surface area contributed by atoms with E-state index in [1.165, 1.54) is 6.26 Å². The van der Waals surface area contributed by atoms with Crippen LogP contribution in [0.25, 0.3) is 10.9 Å².